The Kier molecular flexibility index (Phi) is 7.42. The molecule has 0 heterocycles. The molecule has 2 aromatic rings. The molecular weight excluding hydrogens is 376 g/mol. The Bertz CT molecular complexity index is 919. The maximum Gasteiger partial charge on any atom is 0.251 e. The fourth-order valence-corrected chi connectivity index (χ4v) is 2.69. The number of carbonyl (C=O) groups excluding carboxylic acids is 2. The molecule has 7 heteroatoms. The van der Waals surface area contributed by atoms with Crippen LogP contribution in [-0.4, -0.2) is 24.9 Å². The van der Waals surface area contributed by atoms with Gasteiger partial charge in [-0.15, -0.1) is 0 Å². The highest BCUT2D eigenvalue weighted by molar-refractivity contribution is 6.32. The minimum Gasteiger partial charge on any atom is -0.376 e. The normalized spacial score (nSPS) is 10.3. The molecule has 0 radical (unpaired) electrons. The highest BCUT2D eigenvalue weighted by Crippen LogP contribution is 2.20. The number of aryl methyl sites for hydroxylation is 1. The molecule has 2 rings (SSSR count). The molecule has 0 aliphatic heterocycles. The molecule has 0 unspecified atom stereocenters. The summed E-state index contributed by atoms with van der Waals surface area (Å²) < 4.78 is 0. The summed E-state index contributed by atoms with van der Waals surface area (Å²) in [5.41, 5.74) is 3.09. The molecule has 28 heavy (non-hydrogen) atoms. The standard InChI is InChI=1S/C21H23ClN4O2/c1-13(2)11-25-21(28)15-5-7-19(14(3)8-15)24-12-20(27)26-17-6-4-16(10-23)18(22)9-17/h4-9,13,24H,11-12H2,1-3H3,(H,25,28)(H,26,27). The van der Waals surface area contributed by atoms with Crippen molar-refractivity contribution in [1.82, 2.24) is 5.32 Å². The Balaban J connectivity index is 1.93. The number of nitriles is 1. The molecule has 0 aliphatic carbocycles. The van der Waals surface area contributed by atoms with Crippen molar-refractivity contribution in [3.8, 4) is 6.07 Å². The molecule has 146 valence electrons. The number of anilines is 2. The van der Waals surface area contributed by atoms with Gasteiger partial charge in [0.1, 0.15) is 6.07 Å². The van der Waals surface area contributed by atoms with E-state index < -0.39 is 0 Å². The Hall–Kier alpha value is -3.04. The Morgan fingerprint density at radius 3 is 2.54 bits per heavy atom. The first-order valence-corrected chi connectivity index (χ1v) is 9.30. The van der Waals surface area contributed by atoms with Gasteiger partial charge < -0.3 is 16.0 Å². The van der Waals surface area contributed by atoms with Gasteiger partial charge in [0.05, 0.1) is 17.1 Å². The summed E-state index contributed by atoms with van der Waals surface area (Å²) in [6.45, 7) is 6.62. The second kappa shape index (κ2) is 9.77. The summed E-state index contributed by atoms with van der Waals surface area (Å²) in [5, 5.41) is 17.8. The Labute approximate surface area is 169 Å². The van der Waals surface area contributed by atoms with Crippen LogP contribution in [0.15, 0.2) is 36.4 Å². The van der Waals surface area contributed by atoms with Crippen LogP contribution in [0.3, 0.4) is 0 Å². The predicted molar refractivity (Wildman–Crippen MR) is 112 cm³/mol. The molecule has 0 fully saturated rings. The average Bonchev–Trinajstić information content (AvgIpc) is 2.65. The molecule has 6 nitrogen and oxygen atoms in total. The smallest absolute Gasteiger partial charge is 0.251 e. The second-order valence-electron chi connectivity index (χ2n) is 6.84. The van der Waals surface area contributed by atoms with Crippen molar-refractivity contribution < 1.29 is 9.59 Å². The maximum absolute atomic E-state index is 12.1. The fourth-order valence-electron chi connectivity index (χ4n) is 2.47. The topological polar surface area (TPSA) is 94.0 Å². The van der Waals surface area contributed by atoms with Crippen molar-refractivity contribution in [3.05, 3.63) is 58.1 Å². The summed E-state index contributed by atoms with van der Waals surface area (Å²) in [7, 11) is 0. The molecular formula is C21H23ClN4O2. The quantitative estimate of drug-likeness (QED) is 0.658. The van der Waals surface area contributed by atoms with Crippen molar-refractivity contribution in [1.29, 1.82) is 5.26 Å². The van der Waals surface area contributed by atoms with Gasteiger partial charge in [0.15, 0.2) is 0 Å². The number of carbonyl (C=O) groups is 2. The number of rotatable bonds is 7. The molecule has 0 atom stereocenters. The van der Waals surface area contributed by atoms with Gasteiger partial charge in [-0.25, -0.2) is 0 Å². The van der Waals surface area contributed by atoms with E-state index in [0.29, 0.717) is 29.3 Å². The van der Waals surface area contributed by atoms with E-state index in [1.54, 1.807) is 30.3 Å². The van der Waals surface area contributed by atoms with Gasteiger partial charge >= 0.3 is 0 Å². The van der Waals surface area contributed by atoms with Crippen LogP contribution in [-0.2, 0) is 4.79 Å². The third-order valence-electron chi connectivity index (χ3n) is 3.97. The van der Waals surface area contributed by atoms with Crippen LogP contribution >= 0.6 is 11.6 Å². The first-order chi connectivity index (χ1) is 13.3. The predicted octanol–water partition coefficient (Wildman–Crippen LogP) is 3.96. The van der Waals surface area contributed by atoms with Crippen LogP contribution < -0.4 is 16.0 Å². The number of nitrogens with zero attached hydrogens (tertiary/aromatic N) is 1. The monoisotopic (exact) mass is 398 g/mol. The molecule has 0 bridgehead atoms. The van der Waals surface area contributed by atoms with E-state index in [1.807, 2.05) is 26.8 Å². The minimum absolute atomic E-state index is 0.0529. The van der Waals surface area contributed by atoms with Gasteiger partial charge in [-0.05, 0) is 54.8 Å². The van der Waals surface area contributed by atoms with Crippen LogP contribution in [0.4, 0.5) is 11.4 Å². The SMILES string of the molecule is Cc1cc(C(=O)NCC(C)C)ccc1NCC(=O)Nc1ccc(C#N)c(Cl)c1. The number of amides is 2. The zero-order chi connectivity index (χ0) is 20.7. The summed E-state index contributed by atoms with van der Waals surface area (Å²) in [6, 6.07) is 12.0. The van der Waals surface area contributed by atoms with Crippen molar-refractivity contribution in [2.24, 2.45) is 5.92 Å². The molecule has 0 aromatic heterocycles. The van der Waals surface area contributed by atoms with Crippen molar-refractivity contribution in [2.75, 3.05) is 23.7 Å². The summed E-state index contributed by atoms with van der Waals surface area (Å²) in [5.74, 6) is 0.0215. The summed E-state index contributed by atoms with van der Waals surface area (Å²) >= 11 is 5.96. The number of hydrogen-bond donors (Lipinski definition) is 3. The maximum atomic E-state index is 12.1. The zero-order valence-electron chi connectivity index (χ0n) is 16.1. The summed E-state index contributed by atoms with van der Waals surface area (Å²) in [4.78, 5) is 24.3. The van der Waals surface area contributed by atoms with Gasteiger partial charge in [0, 0.05) is 23.5 Å². The molecule has 0 aliphatic rings. The third kappa shape index (κ3) is 6.00. The van der Waals surface area contributed by atoms with E-state index in [2.05, 4.69) is 16.0 Å². The largest absolute Gasteiger partial charge is 0.376 e. The Morgan fingerprint density at radius 1 is 1.18 bits per heavy atom. The van der Waals surface area contributed by atoms with E-state index in [4.69, 9.17) is 16.9 Å². The van der Waals surface area contributed by atoms with Gasteiger partial charge in [0.25, 0.3) is 5.91 Å². The molecule has 0 spiro atoms. The highest BCUT2D eigenvalue weighted by Gasteiger charge is 2.10. The molecule has 2 aromatic carbocycles. The fraction of sp³-hybridized carbons (Fsp3) is 0.286. The van der Waals surface area contributed by atoms with Crippen molar-refractivity contribution >= 4 is 34.8 Å². The molecule has 3 N–H and O–H groups in total. The average molecular weight is 399 g/mol. The lowest BCUT2D eigenvalue weighted by atomic mass is 10.1. The number of nitrogens with one attached hydrogen (secondary N) is 3. The van der Waals surface area contributed by atoms with E-state index in [9.17, 15) is 9.59 Å². The highest BCUT2D eigenvalue weighted by atomic mass is 35.5. The van der Waals surface area contributed by atoms with Crippen LogP contribution in [0, 0.1) is 24.2 Å². The molecule has 0 saturated carbocycles. The second-order valence-corrected chi connectivity index (χ2v) is 7.25. The van der Waals surface area contributed by atoms with Gasteiger partial charge in [-0.2, -0.15) is 5.26 Å². The third-order valence-corrected chi connectivity index (χ3v) is 4.28. The lowest BCUT2D eigenvalue weighted by Crippen LogP contribution is -2.27. The lowest BCUT2D eigenvalue weighted by molar-refractivity contribution is -0.114. The Morgan fingerprint density at radius 2 is 1.93 bits per heavy atom. The van der Waals surface area contributed by atoms with E-state index in [-0.39, 0.29) is 23.4 Å². The lowest BCUT2D eigenvalue weighted by Gasteiger charge is -2.12. The van der Waals surface area contributed by atoms with E-state index >= 15 is 0 Å². The van der Waals surface area contributed by atoms with Crippen LogP contribution in [0.2, 0.25) is 5.02 Å². The van der Waals surface area contributed by atoms with E-state index in [1.165, 1.54) is 6.07 Å². The number of benzene rings is 2. The molecule has 2 amide bonds. The van der Waals surface area contributed by atoms with Gasteiger partial charge in [-0.1, -0.05) is 25.4 Å². The molecule has 0 saturated heterocycles. The zero-order valence-corrected chi connectivity index (χ0v) is 16.9. The van der Waals surface area contributed by atoms with Crippen molar-refractivity contribution in [2.45, 2.75) is 20.8 Å². The van der Waals surface area contributed by atoms with Crippen LogP contribution in [0.25, 0.3) is 0 Å². The van der Waals surface area contributed by atoms with Gasteiger partial charge in [-0.3, -0.25) is 9.59 Å². The number of halogens is 1. The first kappa shape index (κ1) is 21.3. The number of hydrogen-bond acceptors (Lipinski definition) is 4. The van der Waals surface area contributed by atoms with Crippen LogP contribution in [0.1, 0.15) is 35.3 Å². The van der Waals surface area contributed by atoms with Gasteiger partial charge in [0.2, 0.25) is 5.91 Å². The minimum atomic E-state index is -0.251. The first-order valence-electron chi connectivity index (χ1n) is 8.92. The van der Waals surface area contributed by atoms with E-state index in [0.717, 1.165) is 11.3 Å². The van der Waals surface area contributed by atoms with Crippen LogP contribution in [0.5, 0.6) is 0 Å². The van der Waals surface area contributed by atoms with Crippen molar-refractivity contribution in [3.63, 3.8) is 0 Å². The summed E-state index contributed by atoms with van der Waals surface area (Å²) in [6.07, 6.45) is 0.